The molecule has 0 aliphatic carbocycles. The number of hydrogen-bond acceptors (Lipinski definition) is 1. The van der Waals surface area contributed by atoms with Crippen molar-refractivity contribution in [3.63, 3.8) is 0 Å². The Hall–Kier alpha value is -0.318. The van der Waals surface area contributed by atoms with E-state index in [0.717, 1.165) is 23.7 Å². The summed E-state index contributed by atoms with van der Waals surface area (Å²) in [7, 11) is 0. The maximum absolute atomic E-state index is 5.36. The first-order valence-electron chi connectivity index (χ1n) is 2.83. The van der Waals surface area contributed by atoms with Crippen molar-refractivity contribution in [3.8, 4) is 0 Å². The molecule has 0 fully saturated rings. The van der Waals surface area contributed by atoms with Crippen LogP contribution in [0.1, 0.15) is 0 Å². The third-order valence-electron chi connectivity index (χ3n) is 0.800. The summed E-state index contributed by atoms with van der Waals surface area (Å²) in [5.74, 6) is 0. The van der Waals surface area contributed by atoms with E-state index in [9.17, 15) is 0 Å². The van der Waals surface area contributed by atoms with Crippen LogP contribution in [0.3, 0.4) is 0 Å². The van der Waals surface area contributed by atoms with Crippen LogP contribution in [0.4, 0.5) is 5.69 Å². The van der Waals surface area contributed by atoms with E-state index in [4.69, 9.17) is 5.73 Å². The van der Waals surface area contributed by atoms with E-state index < -0.39 is 0 Å². The van der Waals surface area contributed by atoms with E-state index in [2.05, 4.69) is 10.8 Å². The van der Waals surface area contributed by atoms with Crippen LogP contribution in [0.25, 0.3) is 0 Å². The molecule has 0 saturated heterocycles. The minimum atomic E-state index is 0.822. The Balaban J connectivity index is 0.000000236. The maximum atomic E-state index is 5.36. The quantitative estimate of drug-likeness (QED) is 0.537. The average molecular weight is 230 g/mol. The van der Waals surface area contributed by atoms with Gasteiger partial charge in [-0.05, 0) is 12.1 Å². The zero-order chi connectivity index (χ0) is 7.82. The normalized spacial score (nSPS) is 8.20. The Morgan fingerprint density at radius 3 is 1.70 bits per heavy atom. The average Bonchev–Trinajstić information content (AvgIpc) is 1.91. The van der Waals surface area contributed by atoms with Crippen LogP contribution in [0.15, 0.2) is 30.3 Å². The van der Waals surface area contributed by atoms with Gasteiger partial charge in [-0.1, -0.05) is 18.2 Å². The number of anilines is 1. The van der Waals surface area contributed by atoms with Gasteiger partial charge in [0.1, 0.15) is 0 Å². The van der Waals surface area contributed by atoms with Crippen LogP contribution in [0.2, 0.25) is 10.8 Å². The number of rotatable bonds is 0. The molecule has 1 rings (SSSR count). The van der Waals surface area contributed by atoms with E-state index in [1.807, 2.05) is 30.3 Å². The predicted octanol–water partition coefficient (Wildman–Crippen LogP) is 2.43. The molecule has 0 aliphatic heterocycles. The zero-order valence-corrected chi connectivity index (χ0v) is 7.83. The van der Waals surface area contributed by atoms with Gasteiger partial charge in [-0.25, -0.2) is 0 Å². The minimum absolute atomic E-state index is 0.822. The molecule has 2 heteroatoms. The molecule has 0 aromatic heterocycles. The summed E-state index contributed by atoms with van der Waals surface area (Å²) < 4.78 is 0. The van der Waals surface area contributed by atoms with E-state index in [0.29, 0.717) is 0 Å². The van der Waals surface area contributed by atoms with Gasteiger partial charge >= 0.3 is 28.8 Å². The van der Waals surface area contributed by atoms with Crippen LogP contribution >= 0.6 is 0 Å². The molecule has 0 unspecified atom stereocenters. The van der Waals surface area contributed by atoms with Crippen LogP contribution in [-0.4, -0.2) is 0 Å². The predicted molar refractivity (Wildman–Crippen MR) is 42.6 cm³/mol. The summed E-state index contributed by atoms with van der Waals surface area (Å²) in [5, 5.41) is 4.35. The Labute approximate surface area is 70.8 Å². The Morgan fingerprint density at radius 1 is 1.10 bits per heavy atom. The molecule has 0 bridgehead atoms. The van der Waals surface area contributed by atoms with Crippen molar-refractivity contribution in [1.82, 2.24) is 0 Å². The van der Waals surface area contributed by atoms with Gasteiger partial charge in [0.2, 0.25) is 0 Å². The topological polar surface area (TPSA) is 26.0 Å². The molecular weight excluding hydrogens is 217 g/mol. The summed E-state index contributed by atoms with van der Waals surface area (Å²) in [6.45, 7) is 0. The van der Waals surface area contributed by atoms with Gasteiger partial charge < -0.3 is 5.73 Å². The molecule has 0 atom stereocenters. The molecule has 1 nitrogen and oxygen atoms in total. The van der Waals surface area contributed by atoms with E-state index >= 15 is 0 Å². The van der Waals surface area contributed by atoms with Crippen molar-refractivity contribution in [1.29, 1.82) is 0 Å². The number of para-hydroxylation sites is 1. The van der Waals surface area contributed by atoms with Crippen molar-refractivity contribution in [2.45, 2.75) is 10.8 Å². The fraction of sp³-hybridized carbons (Fsp3) is 0.250. The summed E-state index contributed by atoms with van der Waals surface area (Å²) in [6, 6.07) is 9.49. The van der Waals surface area contributed by atoms with Gasteiger partial charge in [0.15, 0.2) is 0 Å². The van der Waals surface area contributed by atoms with Crippen LogP contribution in [0.5, 0.6) is 0 Å². The Morgan fingerprint density at radius 2 is 1.50 bits per heavy atom. The van der Waals surface area contributed by atoms with E-state index in [1.54, 1.807) is 0 Å². The van der Waals surface area contributed by atoms with Gasteiger partial charge in [-0.15, -0.1) is 0 Å². The molecule has 0 radical (unpaired) electrons. The Bertz CT molecular complexity index is 151. The van der Waals surface area contributed by atoms with Crippen LogP contribution in [-0.2, 0) is 18.0 Å². The van der Waals surface area contributed by atoms with Crippen molar-refractivity contribution in [3.05, 3.63) is 30.3 Å². The first-order chi connectivity index (χ1) is 4.81. The fourth-order valence-electron chi connectivity index (χ4n) is 0.453. The molecule has 2 N–H and O–H groups in total. The third-order valence-corrected chi connectivity index (χ3v) is 0.800. The first kappa shape index (κ1) is 9.68. The summed E-state index contributed by atoms with van der Waals surface area (Å²) >= 11 is 0.950. The van der Waals surface area contributed by atoms with Gasteiger partial charge in [-0.3, -0.25) is 0 Å². The fourth-order valence-corrected chi connectivity index (χ4v) is 0.453. The van der Waals surface area contributed by atoms with Gasteiger partial charge in [0.05, 0.1) is 0 Å². The molecule has 0 heterocycles. The first-order valence-corrected chi connectivity index (χ1v) is 5.94. The van der Waals surface area contributed by atoms with Gasteiger partial charge in [0.25, 0.3) is 0 Å². The number of nitrogens with two attached hydrogens (primary N) is 1. The second-order valence-electron chi connectivity index (χ2n) is 1.73. The SMILES string of the molecule is Nc1ccccc1.[CH3][Pd][CH3]. The summed E-state index contributed by atoms with van der Waals surface area (Å²) in [6.07, 6.45) is 0. The molecule has 60 valence electrons. The second kappa shape index (κ2) is 6.80. The molecule has 1 aromatic carbocycles. The molecule has 0 spiro atoms. The monoisotopic (exact) mass is 229 g/mol. The Kier molecular flexibility index (Phi) is 6.58. The van der Waals surface area contributed by atoms with Crippen molar-refractivity contribution < 1.29 is 18.0 Å². The van der Waals surface area contributed by atoms with Crippen molar-refractivity contribution in [2.75, 3.05) is 5.73 Å². The summed E-state index contributed by atoms with van der Waals surface area (Å²) in [4.78, 5) is 0. The third kappa shape index (κ3) is 5.81. The van der Waals surface area contributed by atoms with Crippen molar-refractivity contribution >= 4 is 5.69 Å². The van der Waals surface area contributed by atoms with E-state index in [-0.39, 0.29) is 0 Å². The van der Waals surface area contributed by atoms with Crippen molar-refractivity contribution in [2.24, 2.45) is 0 Å². The second-order valence-corrected chi connectivity index (χ2v) is 3.28. The molecule has 10 heavy (non-hydrogen) atoms. The zero-order valence-electron chi connectivity index (χ0n) is 6.28. The number of hydrogen-bond donors (Lipinski definition) is 1. The van der Waals surface area contributed by atoms with Gasteiger partial charge in [-0.2, -0.15) is 0 Å². The molecular formula is C8H13NPd. The standard InChI is InChI=1S/C6H7N.2CH3.Pd/c7-6-4-2-1-3-5-6;;;/h1-5H,7H2;2*1H3;. The van der Waals surface area contributed by atoms with E-state index in [1.165, 1.54) is 0 Å². The van der Waals surface area contributed by atoms with Gasteiger partial charge in [0, 0.05) is 5.69 Å². The number of benzene rings is 1. The molecule has 0 aliphatic rings. The molecule has 0 amide bonds. The van der Waals surface area contributed by atoms with Crippen LogP contribution in [0, 0.1) is 0 Å². The summed E-state index contributed by atoms with van der Waals surface area (Å²) in [5.41, 5.74) is 6.18. The van der Waals surface area contributed by atoms with Crippen LogP contribution < -0.4 is 5.73 Å². The molecule has 0 saturated carbocycles. The molecule has 1 aromatic rings. The number of nitrogen functional groups attached to an aromatic ring is 1.